The molecule has 1 rings (SSSR count). The third kappa shape index (κ3) is 3.03. The van der Waals surface area contributed by atoms with Crippen LogP contribution in [0.5, 0.6) is 0 Å². The van der Waals surface area contributed by atoms with E-state index >= 15 is 0 Å². The van der Waals surface area contributed by atoms with Crippen LogP contribution in [0.4, 0.5) is 5.69 Å². The second kappa shape index (κ2) is 5.41. The fourth-order valence-electron chi connectivity index (χ4n) is 0.977. The van der Waals surface area contributed by atoms with Crippen molar-refractivity contribution in [1.82, 2.24) is 0 Å². The third-order valence-electron chi connectivity index (χ3n) is 1.73. The lowest BCUT2D eigenvalue weighted by molar-refractivity contribution is 0.204. The Kier molecular flexibility index (Phi) is 4.48. The summed E-state index contributed by atoms with van der Waals surface area (Å²) in [7, 11) is 0. The third-order valence-corrected chi connectivity index (χ3v) is 2.29. The molecule has 78 valence electrons. The number of benzene rings is 1. The van der Waals surface area contributed by atoms with Crippen LogP contribution < -0.4 is 5.32 Å². The Bertz CT molecular complexity index is 303. The minimum Gasteiger partial charge on any atom is -0.394 e. The summed E-state index contributed by atoms with van der Waals surface area (Å²) in [6.07, 6.45) is 0. The highest BCUT2D eigenvalue weighted by Gasteiger charge is 2.08. The molecule has 1 aromatic rings. The number of rotatable bonds is 4. The number of aliphatic hydroxyl groups excluding tert-OH is 2. The second-order valence-corrected chi connectivity index (χ2v) is 3.67. The van der Waals surface area contributed by atoms with Gasteiger partial charge in [0.05, 0.1) is 30.0 Å². The van der Waals surface area contributed by atoms with E-state index in [-0.39, 0.29) is 13.2 Å². The Morgan fingerprint density at radius 2 is 1.86 bits per heavy atom. The summed E-state index contributed by atoms with van der Waals surface area (Å²) in [4.78, 5) is 0. The number of aliphatic hydroxyl groups is 2. The summed E-state index contributed by atoms with van der Waals surface area (Å²) < 4.78 is 0. The van der Waals surface area contributed by atoms with E-state index in [9.17, 15) is 0 Å². The zero-order valence-corrected chi connectivity index (χ0v) is 8.89. The Morgan fingerprint density at radius 1 is 1.21 bits per heavy atom. The maximum atomic E-state index is 8.85. The van der Waals surface area contributed by atoms with Crippen LogP contribution in [0.15, 0.2) is 18.2 Å². The summed E-state index contributed by atoms with van der Waals surface area (Å²) in [5.74, 6) is 0. The monoisotopic (exact) mass is 235 g/mol. The smallest absolute Gasteiger partial charge is 0.0723 e. The first-order valence-electron chi connectivity index (χ1n) is 4.10. The summed E-state index contributed by atoms with van der Waals surface area (Å²) in [5.41, 5.74) is 0.604. The van der Waals surface area contributed by atoms with Crippen molar-refractivity contribution in [3.63, 3.8) is 0 Å². The Morgan fingerprint density at radius 3 is 2.43 bits per heavy atom. The molecule has 0 saturated carbocycles. The van der Waals surface area contributed by atoms with E-state index in [1.165, 1.54) is 0 Å². The lowest BCUT2D eigenvalue weighted by Crippen LogP contribution is -2.27. The van der Waals surface area contributed by atoms with Gasteiger partial charge in [0.25, 0.3) is 0 Å². The van der Waals surface area contributed by atoms with E-state index in [2.05, 4.69) is 5.32 Å². The van der Waals surface area contributed by atoms with Gasteiger partial charge < -0.3 is 15.5 Å². The SMILES string of the molecule is OCC(CO)Nc1cc(Cl)ccc1Cl. The van der Waals surface area contributed by atoms with Crippen molar-refractivity contribution in [2.75, 3.05) is 18.5 Å². The quantitative estimate of drug-likeness (QED) is 0.746. The van der Waals surface area contributed by atoms with Crippen molar-refractivity contribution in [2.24, 2.45) is 0 Å². The predicted octanol–water partition coefficient (Wildman–Crippen LogP) is 1.76. The molecule has 0 bridgehead atoms. The van der Waals surface area contributed by atoms with Gasteiger partial charge in [-0.1, -0.05) is 23.2 Å². The zero-order chi connectivity index (χ0) is 10.6. The largest absolute Gasteiger partial charge is 0.394 e. The molecule has 0 saturated heterocycles. The number of anilines is 1. The molecule has 0 atom stereocenters. The maximum Gasteiger partial charge on any atom is 0.0723 e. The molecule has 14 heavy (non-hydrogen) atoms. The van der Waals surface area contributed by atoms with Crippen molar-refractivity contribution in [2.45, 2.75) is 6.04 Å². The summed E-state index contributed by atoms with van der Waals surface area (Å²) in [6, 6.07) is 4.54. The summed E-state index contributed by atoms with van der Waals surface area (Å²) >= 11 is 11.6. The van der Waals surface area contributed by atoms with Crippen molar-refractivity contribution in [3.05, 3.63) is 28.2 Å². The molecule has 0 aliphatic heterocycles. The summed E-state index contributed by atoms with van der Waals surface area (Å²) in [5, 5.41) is 21.6. The van der Waals surface area contributed by atoms with Gasteiger partial charge in [-0.25, -0.2) is 0 Å². The number of hydrogen-bond donors (Lipinski definition) is 3. The molecule has 3 nitrogen and oxygen atoms in total. The van der Waals surface area contributed by atoms with E-state index in [1.54, 1.807) is 18.2 Å². The molecule has 0 heterocycles. The molecule has 0 radical (unpaired) electrons. The van der Waals surface area contributed by atoms with Crippen LogP contribution >= 0.6 is 23.2 Å². The van der Waals surface area contributed by atoms with Crippen LogP contribution in [-0.4, -0.2) is 29.5 Å². The van der Waals surface area contributed by atoms with Gasteiger partial charge in [-0.2, -0.15) is 0 Å². The number of hydrogen-bond acceptors (Lipinski definition) is 3. The van der Waals surface area contributed by atoms with Crippen LogP contribution in [0.2, 0.25) is 10.0 Å². The highest BCUT2D eigenvalue weighted by molar-refractivity contribution is 6.35. The molecule has 0 unspecified atom stereocenters. The van der Waals surface area contributed by atoms with Crippen LogP contribution in [0.25, 0.3) is 0 Å². The maximum absolute atomic E-state index is 8.85. The van der Waals surface area contributed by atoms with Gasteiger partial charge in [0.1, 0.15) is 0 Å². The standard InChI is InChI=1S/C9H11Cl2NO2/c10-6-1-2-8(11)9(3-6)12-7(4-13)5-14/h1-3,7,12-14H,4-5H2. The molecule has 0 amide bonds. The van der Waals surface area contributed by atoms with Crippen molar-refractivity contribution < 1.29 is 10.2 Å². The first-order valence-corrected chi connectivity index (χ1v) is 4.86. The molecule has 0 aliphatic carbocycles. The molecule has 5 heteroatoms. The topological polar surface area (TPSA) is 52.5 Å². The Balaban J connectivity index is 2.79. The Labute approximate surface area is 92.3 Å². The van der Waals surface area contributed by atoms with Gasteiger partial charge >= 0.3 is 0 Å². The first-order chi connectivity index (χ1) is 6.67. The van der Waals surface area contributed by atoms with Crippen LogP contribution in [0.3, 0.4) is 0 Å². The van der Waals surface area contributed by atoms with Gasteiger partial charge in [0, 0.05) is 5.02 Å². The Hall–Kier alpha value is -0.480. The van der Waals surface area contributed by atoms with E-state index in [4.69, 9.17) is 33.4 Å². The molecule has 3 N–H and O–H groups in total. The number of halogens is 2. The van der Waals surface area contributed by atoms with Crippen molar-refractivity contribution in [3.8, 4) is 0 Å². The van der Waals surface area contributed by atoms with Crippen LogP contribution in [0, 0.1) is 0 Å². The van der Waals surface area contributed by atoms with E-state index in [0.717, 1.165) is 0 Å². The molecule has 0 spiro atoms. The number of nitrogens with one attached hydrogen (secondary N) is 1. The fraction of sp³-hybridized carbons (Fsp3) is 0.333. The zero-order valence-electron chi connectivity index (χ0n) is 7.37. The lowest BCUT2D eigenvalue weighted by Gasteiger charge is -2.15. The molecule has 0 aromatic heterocycles. The second-order valence-electron chi connectivity index (χ2n) is 2.83. The summed E-state index contributed by atoms with van der Waals surface area (Å²) in [6.45, 7) is -0.335. The van der Waals surface area contributed by atoms with E-state index < -0.39 is 6.04 Å². The van der Waals surface area contributed by atoms with Gasteiger partial charge in [0.2, 0.25) is 0 Å². The lowest BCUT2D eigenvalue weighted by atomic mass is 10.2. The van der Waals surface area contributed by atoms with Crippen molar-refractivity contribution in [1.29, 1.82) is 0 Å². The average molecular weight is 236 g/mol. The van der Waals surface area contributed by atoms with Gasteiger partial charge in [-0.15, -0.1) is 0 Å². The predicted molar refractivity (Wildman–Crippen MR) is 58.0 cm³/mol. The first kappa shape index (κ1) is 11.6. The minimum atomic E-state index is -0.425. The van der Waals surface area contributed by atoms with Gasteiger partial charge in [-0.3, -0.25) is 0 Å². The normalized spacial score (nSPS) is 10.6. The highest BCUT2D eigenvalue weighted by Crippen LogP contribution is 2.25. The average Bonchev–Trinajstić information content (AvgIpc) is 2.19. The molecular formula is C9H11Cl2NO2. The van der Waals surface area contributed by atoms with Crippen molar-refractivity contribution >= 4 is 28.9 Å². The molecule has 0 fully saturated rings. The molecule has 1 aromatic carbocycles. The van der Waals surface area contributed by atoms with Gasteiger partial charge in [-0.05, 0) is 18.2 Å². The van der Waals surface area contributed by atoms with Gasteiger partial charge in [0.15, 0.2) is 0 Å². The highest BCUT2D eigenvalue weighted by atomic mass is 35.5. The minimum absolute atomic E-state index is 0.167. The molecular weight excluding hydrogens is 225 g/mol. The van der Waals surface area contributed by atoms with E-state index in [0.29, 0.717) is 15.7 Å². The molecule has 0 aliphatic rings. The fourth-order valence-corrected chi connectivity index (χ4v) is 1.32. The van der Waals surface area contributed by atoms with E-state index in [1.807, 2.05) is 0 Å². The van der Waals surface area contributed by atoms with Crippen LogP contribution in [0.1, 0.15) is 0 Å². The van der Waals surface area contributed by atoms with Crippen LogP contribution in [-0.2, 0) is 0 Å².